The van der Waals surface area contributed by atoms with Gasteiger partial charge in [-0.2, -0.15) is 0 Å². The van der Waals surface area contributed by atoms with Crippen molar-refractivity contribution in [2.24, 2.45) is 0 Å². The third-order valence-electron chi connectivity index (χ3n) is 1.80. The fourth-order valence-electron chi connectivity index (χ4n) is 0.915. The summed E-state index contributed by atoms with van der Waals surface area (Å²) in [5, 5.41) is 6.19. The highest BCUT2D eigenvalue weighted by Gasteiger charge is 2.03. The molecule has 11 heavy (non-hydrogen) atoms. The molecule has 1 unspecified atom stereocenters. The smallest absolute Gasteiger partial charge is 0.0760 e. The molecule has 0 amide bonds. The van der Waals surface area contributed by atoms with Gasteiger partial charge in [0.15, 0.2) is 0 Å². The number of hydrogen-bond acceptors (Lipinski definition) is 3. The first-order chi connectivity index (χ1) is 5.24. The molecule has 68 valence electrons. The van der Waals surface area contributed by atoms with Crippen molar-refractivity contribution in [2.75, 3.05) is 26.4 Å². The topological polar surface area (TPSA) is 41.1 Å². The maximum atomic E-state index is 11.1. The van der Waals surface area contributed by atoms with Gasteiger partial charge in [-0.25, -0.2) is 0 Å². The molecule has 2 N–H and O–H groups in total. The van der Waals surface area contributed by atoms with Crippen LogP contribution in [0.25, 0.3) is 0 Å². The predicted molar refractivity (Wildman–Crippen MR) is 50.9 cm³/mol. The van der Waals surface area contributed by atoms with E-state index in [-0.39, 0.29) is 0 Å². The Hall–Kier alpha value is 0.150. The summed E-state index contributed by atoms with van der Waals surface area (Å²) in [5.74, 6) is 0. The highest BCUT2D eigenvalue weighted by atomic mass is 31.1. The van der Waals surface area contributed by atoms with Gasteiger partial charge in [-0.05, 0) is 26.7 Å². The molecule has 0 spiro atoms. The third-order valence-corrected chi connectivity index (χ3v) is 3.44. The third kappa shape index (κ3) is 5.42. The highest BCUT2D eigenvalue weighted by Crippen LogP contribution is 2.20. The van der Waals surface area contributed by atoms with E-state index >= 15 is 0 Å². The van der Waals surface area contributed by atoms with Crippen LogP contribution >= 0.6 is 7.80 Å². The molecule has 0 aromatic rings. The molecule has 0 aromatic heterocycles. The van der Waals surface area contributed by atoms with Gasteiger partial charge in [0.1, 0.15) is 0 Å². The Balaban J connectivity index is 3.42. The van der Waals surface area contributed by atoms with Gasteiger partial charge in [-0.15, -0.1) is 0 Å². The van der Waals surface area contributed by atoms with Crippen molar-refractivity contribution in [1.29, 1.82) is 0 Å². The van der Waals surface area contributed by atoms with E-state index in [1.165, 1.54) is 0 Å². The Labute approximate surface area is 69.7 Å². The van der Waals surface area contributed by atoms with Gasteiger partial charge in [0, 0.05) is 6.16 Å². The molecule has 0 aliphatic rings. The van der Waals surface area contributed by atoms with Crippen LogP contribution < -0.4 is 10.6 Å². The molecular weight excluding hydrogens is 159 g/mol. The number of rotatable bonds is 6. The summed E-state index contributed by atoms with van der Waals surface area (Å²) in [7, 11) is 2.54. The zero-order chi connectivity index (χ0) is 8.69. The Kier molecular flexibility index (Phi) is 6.93. The summed E-state index contributed by atoms with van der Waals surface area (Å²) in [5.41, 5.74) is 0. The van der Waals surface area contributed by atoms with Crippen LogP contribution in [0.4, 0.5) is 0 Å². The van der Waals surface area contributed by atoms with E-state index in [0.717, 1.165) is 18.7 Å². The van der Waals surface area contributed by atoms with E-state index in [1.807, 2.05) is 21.0 Å². The first-order valence-electron chi connectivity index (χ1n) is 4.10. The Morgan fingerprint density at radius 3 is 2.27 bits per heavy atom. The minimum absolute atomic E-state index is 0.315. The first kappa shape index (κ1) is 11.2. The van der Waals surface area contributed by atoms with Crippen LogP contribution in [-0.2, 0) is 4.57 Å². The Morgan fingerprint density at radius 2 is 1.91 bits per heavy atom. The highest BCUT2D eigenvalue weighted by molar-refractivity contribution is 7.44. The van der Waals surface area contributed by atoms with E-state index in [2.05, 4.69) is 10.6 Å². The van der Waals surface area contributed by atoms with Crippen molar-refractivity contribution >= 4 is 7.80 Å². The molecule has 0 saturated heterocycles. The van der Waals surface area contributed by atoms with Crippen LogP contribution in [0.15, 0.2) is 0 Å². The fourth-order valence-corrected chi connectivity index (χ4v) is 1.88. The van der Waals surface area contributed by atoms with Crippen LogP contribution in [0, 0.1) is 0 Å². The second-order valence-electron chi connectivity index (χ2n) is 2.56. The molecule has 0 radical (unpaired) electrons. The lowest BCUT2D eigenvalue weighted by atomic mass is 10.4. The second kappa shape index (κ2) is 6.84. The quantitative estimate of drug-likeness (QED) is 0.465. The average molecular weight is 178 g/mol. The second-order valence-corrected chi connectivity index (χ2v) is 4.85. The lowest BCUT2D eigenvalue weighted by Crippen LogP contribution is -2.37. The van der Waals surface area contributed by atoms with E-state index in [4.69, 9.17) is 0 Å². The fraction of sp³-hybridized carbons (Fsp3) is 1.00. The maximum absolute atomic E-state index is 11.1. The van der Waals surface area contributed by atoms with Crippen LogP contribution in [0.2, 0.25) is 0 Å². The first-order valence-corrected chi connectivity index (χ1v) is 5.93. The summed E-state index contributed by atoms with van der Waals surface area (Å²) in [6.45, 7) is 1.98. The Bertz CT molecular complexity index is 115. The Morgan fingerprint density at radius 1 is 1.36 bits per heavy atom. The zero-order valence-corrected chi connectivity index (χ0v) is 8.61. The number of hydrogen-bond donors (Lipinski definition) is 2. The molecule has 4 heteroatoms. The minimum Gasteiger partial charge on any atom is -0.327 e. The summed E-state index contributed by atoms with van der Waals surface area (Å²) in [4.78, 5) is 0. The molecule has 0 aliphatic heterocycles. The molecule has 0 heterocycles. The normalized spacial score (nSPS) is 13.8. The summed E-state index contributed by atoms with van der Waals surface area (Å²) in [6, 6.07) is 0. The van der Waals surface area contributed by atoms with Crippen LogP contribution in [-0.4, -0.2) is 32.6 Å². The lowest BCUT2D eigenvalue weighted by molar-refractivity contribution is 0.480. The van der Waals surface area contributed by atoms with Crippen molar-refractivity contribution in [1.82, 2.24) is 10.6 Å². The van der Waals surface area contributed by atoms with Gasteiger partial charge in [0.05, 0.1) is 14.0 Å². The summed E-state index contributed by atoms with van der Waals surface area (Å²) < 4.78 is 11.1. The maximum Gasteiger partial charge on any atom is 0.0760 e. The van der Waals surface area contributed by atoms with Gasteiger partial charge in [0.2, 0.25) is 0 Å². The number of nitrogens with one attached hydrogen (secondary N) is 2. The van der Waals surface area contributed by atoms with Crippen molar-refractivity contribution in [3.05, 3.63) is 0 Å². The molecule has 0 bridgehead atoms. The summed E-state index contributed by atoms with van der Waals surface area (Å²) >= 11 is 0. The SMILES string of the molecule is CC[PH](=O)CCC(NC)NC. The average Bonchev–Trinajstić information content (AvgIpc) is 2.06. The van der Waals surface area contributed by atoms with E-state index in [9.17, 15) is 4.57 Å². The monoisotopic (exact) mass is 178 g/mol. The van der Waals surface area contributed by atoms with Gasteiger partial charge in [-0.1, -0.05) is 6.92 Å². The summed E-state index contributed by atoms with van der Waals surface area (Å²) in [6.07, 6.45) is 2.97. The molecule has 3 nitrogen and oxygen atoms in total. The van der Waals surface area contributed by atoms with Gasteiger partial charge < -0.3 is 15.2 Å². The minimum atomic E-state index is -1.27. The zero-order valence-electron chi connectivity index (χ0n) is 7.61. The molecule has 0 rings (SSSR count). The predicted octanol–water partition coefficient (Wildman–Crippen LogP) is 0.721. The van der Waals surface area contributed by atoms with Crippen LogP contribution in [0.1, 0.15) is 13.3 Å². The van der Waals surface area contributed by atoms with Crippen LogP contribution in [0.3, 0.4) is 0 Å². The molecule has 1 atom stereocenters. The van der Waals surface area contributed by atoms with Crippen molar-refractivity contribution < 1.29 is 4.57 Å². The van der Waals surface area contributed by atoms with E-state index in [1.54, 1.807) is 0 Å². The largest absolute Gasteiger partial charge is 0.327 e. The molecule has 0 aliphatic carbocycles. The van der Waals surface area contributed by atoms with Crippen molar-refractivity contribution in [3.8, 4) is 0 Å². The molecule has 0 aromatic carbocycles. The van der Waals surface area contributed by atoms with Crippen molar-refractivity contribution in [3.63, 3.8) is 0 Å². The standard InChI is InChI=1S/C7H19N2OP/c1-4-11(10)6-5-7(8-2)9-3/h7-9,11H,4-6H2,1-3H3. The van der Waals surface area contributed by atoms with E-state index < -0.39 is 7.80 Å². The van der Waals surface area contributed by atoms with E-state index in [0.29, 0.717) is 6.17 Å². The molecule has 0 fully saturated rings. The van der Waals surface area contributed by atoms with Gasteiger partial charge in [0.25, 0.3) is 0 Å². The lowest BCUT2D eigenvalue weighted by Gasteiger charge is -2.13. The van der Waals surface area contributed by atoms with Gasteiger partial charge >= 0.3 is 0 Å². The molecule has 0 saturated carbocycles. The molecular formula is C7H19N2OP. The van der Waals surface area contributed by atoms with Gasteiger partial charge in [-0.3, -0.25) is 0 Å². The van der Waals surface area contributed by atoms with Crippen molar-refractivity contribution in [2.45, 2.75) is 19.5 Å². The van der Waals surface area contributed by atoms with Crippen LogP contribution in [0.5, 0.6) is 0 Å².